The van der Waals surface area contributed by atoms with Gasteiger partial charge in [0.05, 0.1) is 11.6 Å². The van der Waals surface area contributed by atoms with Gasteiger partial charge in [-0.25, -0.2) is 0 Å². The zero-order valence-electron chi connectivity index (χ0n) is 12.0. The van der Waals surface area contributed by atoms with Gasteiger partial charge in [0, 0.05) is 31.7 Å². The third kappa shape index (κ3) is 2.63. The van der Waals surface area contributed by atoms with Crippen LogP contribution in [-0.4, -0.2) is 36.5 Å². The van der Waals surface area contributed by atoms with Crippen LogP contribution < -0.4 is 5.32 Å². The third-order valence-corrected chi connectivity index (χ3v) is 4.07. The largest absolute Gasteiger partial charge is 0.478 e. The molecule has 1 aromatic carbocycles. The molecule has 2 aliphatic rings. The Balaban J connectivity index is 1.69. The van der Waals surface area contributed by atoms with E-state index in [4.69, 9.17) is 15.4 Å². The van der Waals surface area contributed by atoms with Crippen LogP contribution in [0.4, 0.5) is 0 Å². The maximum atomic E-state index is 8.80. The number of benzene rings is 1. The van der Waals surface area contributed by atoms with Gasteiger partial charge in [-0.1, -0.05) is 0 Å². The van der Waals surface area contributed by atoms with Gasteiger partial charge < -0.3 is 15.0 Å². The summed E-state index contributed by atoms with van der Waals surface area (Å²) in [5.74, 6) is 1.37. The molecule has 5 heteroatoms. The zero-order chi connectivity index (χ0) is 14.9. The second-order valence-corrected chi connectivity index (χ2v) is 5.49. The summed E-state index contributed by atoms with van der Waals surface area (Å²) in [7, 11) is 1.85. The molecule has 0 amide bonds. The highest BCUT2D eigenvalue weighted by atomic mass is 16.6. The lowest BCUT2D eigenvalue weighted by molar-refractivity contribution is 0.248. The second kappa shape index (κ2) is 5.23. The summed E-state index contributed by atoms with van der Waals surface area (Å²) in [5, 5.41) is 20.3. The molecule has 0 bridgehead atoms. The molecule has 5 nitrogen and oxygen atoms in total. The Hall–Kier alpha value is -2.32. The molecule has 0 saturated carbocycles. The highest BCUT2D eigenvalue weighted by molar-refractivity contribution is 5.96. The van der Waals surface area contributed by atoms with Crippen molar-refractivity contribution < 1.29 is 4.74 Å². The van der Waals surface area contributed by atoms with Crippen LogP contribution in [0.15, 0.2) is 36.2 Å². The van der Waals surface area contributed by atoms with E-state index in [2.05, 4.69) is 11.4 Å². The first-order valence-corrected chi connectivity index (χ1v) is 7.09. The molecular weight excluding hydrogens is 264 g/mol. The Kier molecular flexibility index (Phi) is 3.40. The molecule has 3 rings (SSSR count). The van der Waals surface area contributed by atoms with Crippen LogP contribution in [0.1, 0.15) is 24.0 Å². The fraction of sp³-hybridized carbons (Fsp3) is 0.375. The molecule has 2 fully saturated rings. The van der Waals surface area contributed by atoms with Gasteiger partial charge in [0.2, 0.25) is 0 Å². The first-order chi connectivity index (χ1) is 10.1. The van der Waals surface area contributed by atoms with Crippen LogP contribution in [0.2, 0.25) is 0 Å². The quantitative estimate of drug-likeness (QED) is 0.493. The summed E-state index contributed by atoms with van der Waals surface area (Å²) < 4.78 is 5.78. The fourth-order valence-electron chi connectivity index (χ4n) is 2.65. The monoisotopic (exact) mass is 282 g/mol. The van der Waals surface area contributed by atoms with E-state index in [1.807, 2.05) is 13.2 Å². The lowest BCUT2D eigenvalue weighted by Crippen LogP contribution is -2.33. The topological polar surface area (TPSA) is 75.4 Å². The van der Waals surface area contributed by atoms with Crippen molar-refractivity contribution in [3.8, 4) is 6.07 Å². The van der Waals surface area contributed by atoms with Gasteiger partial charge in [0.25, 0.3) is 0 Å². The second-order valence-electron chi connectivity index (χ2n) is 5.49. The normalized spacial score (nSPS) is 20.7. The summed E-state index contributed by atoms with van der Waals surface area (Å²) in [6, 6.07) is 9.13. The van der Waals surface area contributed by atoms with E-state index in [-0.39, 0.29) is 5.60 Å². The number of piperidine rings is 1. The first kappa shape index (κ1) is 13.7. The SMILES string of the molecule is CN(/C=C1/OC12CCNCC2)C(=N)c1ccc(C#N)cc1. The minimum Gasteiger partial charge on any atom is -0.478 e. The van der Waals surface area contributed by atoms with Crippen molar-refractivity contribution >= 4 is 5.84 Å². The minimum atomic E-state index is -0.0789. The standard InChI is InChI=1S/C16H18N4O/c1-20(11-14-16(21-14)6-8-19-9-7-16)15(18)13-4-2-12(10-17)3-5-13/h2-5,11,18-19H,6-9H2,1H3/b14-11+,18-15?. The van der Waals surface area contributed by atoms with Crippen LogP contribution in [0.3, 0.4) is 0 Å². The minimum absolute atomic E-state index is 0.0789. The predicted octanol–water partition coefficient (Wildman–Crippen LogP) is 1.81. The average molecular weight is 282 g/mol. The Labute approximate surface area is 124 Å². The molecule has 21 heavy (non-hydrogen) atoms. The molecule has 0 aromatic heterocycles. The molecule has 0 aliphatic carbocycles. The fourth-order valence-corrected chi connectivity index (χ4v) is 2.65. The molecule has 0 unspecified atom stereocenters. The van der Waals surface area contributed by atoms with E-state index >= 15 is 0 Å². The zero-order valence-corrected chi connectivity index (χ0v) is 12.0. The number of nitrogens with zero attached hydrogens (tertiary/aromatic N) is 2. The van der Waals surface area contributed by atoms with Crippen molar-refractivity contribution in [1.29, 1.82) is 10.7 Å². The highest BCUT2D eigenvalue weighted by Gasteiger charge is 2.53. The van der Waals surface area contributed by atoms with Crippen LogP contribution >= 0.6 is 0 Å². The number of rotatable bonds is 2. The molecule has 0 radical (unpaired) electrons. The maximum absolute atomic E-state index is 8.80. The van der Waals surface area contributed by atoms with E-state index in [9.17, 15) is 0 Å². The Morgan fingerprint density at radius 3 is 2.67 bits per heavy atom. The van der Waals surface area contributed by atoms with Crippen LogP contribution in [0.25, 0.3) is 0 Å². The smallest absolute Gasteiger partial charge is 0.169 e. The maximum Gasteiger partial charge on any atom is 0.169 e. The third-order valence-electron chi connectivity index (χ3n) is 4.07. The number of amidine groups is 1. The van der Waals surface area contributed by atoms with E-state index in [0.717, 1.165) is 37.3 Å². The van der Waals surface area contributed by atoms with Crippen molar-refractivity contribution in [3.63, 3.8) is 0 Å². The van der Waals surface area contributed by atoms with Crippen LogP contribution in [0, 0.1) is 16.7 Å². The molecule has 2 N–H and O–H groups in total. The lowest BCUT2D eigenvalue weighted by Gasteiger charge is -2.17. The molecule has 2 saturated heterocycles. The first-order valence-electron chi connectivity index (χ1n) is 7.09. The summed E-state index contributed by atoms with van der Waals surface area (Å²) in [4.78, 5) is 1.77. The number of hydrogen-bond acceptors (Lipinski definition) is 4. The Morgan fingerprint density at radius 1 is 1.38 bits per heavy atom. The number of epoxide rings is 1. The average Bonchev–Trinajstić information content (AvgIpc) is 3.18. The summed E-state index contributed by atoms with van der Waals surface area (Å²) >= 11 is 0. The molecule has 108 valence electrons. The van der Waals surface area contributed by atoms with E-state index < -0.39 is 0 Å². The van der Waals surface area contributed by atoms with Crippen molar-refractivity contribution in [2.45, 2.75) is 18.4 Å². The van der Waals surface area contributed by atoms with Gasteiger partial charge in [0.15, 0.2) is 11.4 Å². The molecule has 2 heterocycles. The number of hydrogen-bond donors (Lipinski definition) is 2. The van der Waals surface area contributed by atoms with E-state index in [0.29, 0.717) is 11.4 Å². The van der Waals surface area contributed by atoms with Gasteiger partial charge in [-0.2, -0.15) is 5.26 Å². The van der Waals surface area contributed by atoms with Crippen molar-refractivity contribution in [2.24, 2.45) is 0 Å². The van der Waals surface area contributed by atoms with E-state index in [1.54, 1.807) is 29.2 Å². The lowest BCUT2D eigenvalue weighted by atomic mass is 9.97. The molecular formula is C16H18N4O. The molecule has 0 atom stereocenters. The summed E-state index contributed by atoms with van der Waals surface area (Å²) in [6.45, 7) is 1.96. The van der Waals surface area contributed by atoms with Gasteiger partial charge in [-0.05, 0) is 37.4 Å². The van der Waals surface area contributed by atoms with Crippen molar-refractivity contribution in [3.05, 3.63) is 47.4 Å². The Morgan fingerprint density at radius 2 is 2.05 bits per heavy atom. The molecule has 1 aromatic rings. The van der Waals surface area contributed by atoms with Crippen LogP contribution in [-0.2, 0) is 4.74 Å². The Bertz CT molecular complexity index is 621. The van der Waals surface area contributed by atoms with Crippen LogP contribution in [0.5, 0.6) is 0 Å². The van der Waals surface area contributed by atoms with Crippen molar-refractivity contribution in [2.75, 3.05) is 20.1 Å². The number of nitrogens with one attached hydrogen (secondary N) is 2. The molecule has 1 spiro atoms. The van der Waals surface area contributed by atoms with E-state index in [1.165, 1.54) is 0 Å². The van der Waals surface area contributed by atoms with Gasteiger partial charge in [0.1, 0.15) is 5.84 Å². The summed E-state index contributed by atoms with van der Waals surface area (Å²) in [5.41, 5.74) is 1.31. The van der Waals surface area contributed by atoms with Gasteiger partial charge in [-0.15, -0.1) is 0 Å². The number of nitriles is 1. The van der Waals surface area contributed by atoms with Gasteiger partial charge in [-0.3, -0.25) is 5.41 Å². The van der Waals surface area contributed by atoms with Gasteiger partial charge >= 0.3 is 0 Å². The number of ether oxygens (including phenoxy) is 1. The summed E-state index contributed by atoms with van der Waals surface area (Å²) in [6.07, 6.45) is 3.90. The predicted molar refractivity (Wildman–Crippen MR) is 79.8 cm³/mol. The highest BCUT2D eigenvalue weighted by Crippen LogP contribution is 2.47. The molecule has 2 aliphatic heterocycles. The van der Waals surface area contributed by atoms with Crippen molar-refractivity contribution in [1.82, 2.24) is 10.2 Å².